The highest BCUT2D eigenvalue weighted by atomic mass is 19.1. The van der Waals surface area contributed by atoms with Crippen LogP contribution in [0.3, 0.4) is 0 Å². The first-order valence-electron chi connectivity index (χ1n) is 6.65. The predicted molar refractivity (Wildman–Crippen MR) is 80.6 cm³/mol. The summed E-state index contributed by atoms with van der Waals surface area (Å²) in [6.45, 7) is 3.58. The average molecular weight is 287 g/mol. The molecule has 0 saturated carbocycles. The van der Waals surface area contributed by atoms with Crippen LogP contribution in [-0.2, 0) is 15.1 Å². The maximum absolute atomic E-state index is 14.1. The standard InChI is InChI=1S/C17H18FNO2/c1-12-8-10-13(11-9-12)19-17(2,16(20)21-3)14-6-4-5-7-15(14)18/h4-11,19H,1-3H3. The zero-order chi connectivity index (χ0) is 15.5. The Morgan fingerprint density at radius 3 is 2.33 bits per heavy atom. The second-order valence-corrected chi connectivity index (χ2v) is 5.09. The fraction of sp³-hybridized carbons (Fsp3) is 0.235. The van der Waals surface area contributed by atoms with Gasteiger partial charge < -0.3 is 10.1 Å². The van der Waals surface area contributed by atoms with Gasteiger partial charge in [-0.1, -0.05) is 35.9 Å². The summed E-state index contributed by atoms with van der Waals surface area (Å²) in [6.07, 6.45) is 0. The summed E-state index contributed by atoms with van der Waals surface area (Å²) in [6, 6.07) is 13.7. The minimum Gasteiger partial charge on any atom is -0.467 e. The summed E-state index contributed by atoms with van der Waals surface area (Å²) < 4.78 is 19.0. The highest BCUT2D eigenvalue weighted by Gasteiger charge is 2.38. The second-order valence-electron chi connectivity index (χ2n) is 5.09. The quantitative estimate of drug-likeness (QED) is 0.873. The highest BCUT2D eigenvalue weighted by molar-refractivity contribution is 5.85. The smallest absolute Gasteiger partial charge is 0.336 e. The summed E-state index contributed by atoms with van der Waals surface area (Å²) in [7, 11) is 1.29. The molecule has 0 amide bonds. The van der Waals surface area contributed by atoms with Gasteiger partial charge in [0.1, 0.15) is 5.82 Å². The lowest BCUT2D eigenvalue weighted by Crippen LogP contribution is -2.42. The summed E-state index contributed by atoms with van der Waals surface area (Å²) in [5, 5.41) is 3.08. The van der Waals surface area contributed by atoms with E-state index in [1.54, 1.807) is 25.1 Å². The molecule has 1 atom stereocenters. The Morgan fingerprint density at radius 1 is 1.14 bits per heavy atom. The number of nitrogens with one attached hydrogen (secondary N) is 1. The first-order valence-corrected chi connectivity index (χ1v) is 6.65. The molecule has 0 aliphatic carbocycles. The van der Waals surface area contributed by atoms with Gasteiger partial charge in [-0.3, -0.25) is 0 Å². The fourth-order valence-electron chi connectivity index (χ4n) is 2.22. The number of methoxy groups -OCH3 is 1. The first kappa shape index (κ1) is 15.0. The molecule has 0 aliphatic heterocycles. The van der Waals surface area contributed by atoms with Crippen molar-refractivity contribution in [2.45, 2.75) is 19.4 Å². The third-order valence-corrected chi connectivity index (χ3v) is 3.45. The number of anilines is 1. The van der Waals surface area contributed by atoms with Crippen LogP contribution in [0, 0.1) is 12.7 Å². The number of hydrogen-bond acceptors (Lipinski definition) is 3. The molecule has 0 aliphatic rings. The van der Waals surface area contributed by atoms with E-state index in [0.717, 1.165) is 11.3 Å². The molecule has 0 aromatic heterocycles. The maximum atomic E-state index is 14.1. The Labute approximate surface area is 123 Å². The largest absolute Gasteiger partial charge is 0.467 e. The molecule has 3 nitrogen and oxygen atoms in total. The lowest BCUT2D eigenvalue weighted by atomic mass is 9.91. The Balaban J connectivity index is 2.45. The lowest BCUT2D eigenvalue weighted by Gasteiger charge is -2.30. The highest BCUT2D eigenvalue weighted by Crippen LogP contribution is 2.29. The van der Waals surface area contributed by atoms with Crippen molar-refractivity contribution in [1.29, 1.82) is 0 Å². The fourth-order valence-corrected chi connectivity index (χ4v) is 2.22. The van der Waals surface area contributed by atoms with Gasteiger partial charge in [0.05, 0.1) is 7.11 Å². The summed E-state index contributed by atoms with van der Waals surface area (Å²) in [5.74, 6) is -1.00. The van der Waals surface area contributed by atoms with Crippen LogP contribution in [0.5, 0.6) is 0 Å². The van der Waals surface area contributed by atoms with Crippen LogP contribution in [-0.4, -0.2) is 13.1 Å². The second kappa shape index (κ2) is 5.95. The molecule has 0 heterocycles. The number of benzene rings is 2. The van der Waals surface area contributed by atoms with Gasteiger partial charge in [0.25, 0.3) is 0 Å². The number of aryl methyl sites for hydroxylation is 1. The Kier molecular flexibility index (Phi) is 4.26. The zero-order valence-corrected chi connectivity index (χ0v) is 12.3. The lowest BCUT2D eigenvalue weighted by molar-refractivity contribution is -0.145. The van der Waals surface area contributed by atoms with Crippen LogP contribution in [0.1, 0.15) is 18.1 Å². The molecule has 0 bridgehead atoms. The van der Waals surface area contributed by atoms with Gasteiger partial charge in [0.15, 0.2) is 5.54 Å². The number of ether oxygens (including phenoxy) is 1. The normalized spacial score (nSPS) is 13.3. The molecule has 0 fully saturated rings. The van der Waals surface area contributed by atoms with E-state index in [1.165, 1.54) is 13.2 Å². The van der Waals surface area contributed by atoms with Crippen molar-refractivity contribution >= 4 is 11.7 Å². The van der Waals surface area contributed by atoms with E-state index in [9.17, 15) is 9.18 Å². The Morgan fingerprint density at radius 2 is 1.76 bits per heavy atom. The van der Waals surface area contributed by atoms with Gasteiger partial charge >= 0.3 is 5.97 Å². The molecule has 0 spiro atoms. The van der Waals surface area contributed by atoms with Crippen molar-refractivity contribution in [3.63, 3.8) is 0 Å². The number of rotatable bonds is 4. The van der Waals surface area contributed by atoms with Gasteiger partial charge in [-0.15, -0.1) is 0 Å². The van der Waals surface area contributed by atoms with Crippen LogP contribution in [0.2, 0.25) is 0 Å². The van der Waals surface area contributed by atoms with E-state index in [4.69, 9.17) is 4.74 Å². The summed E-state index contributed by atoms with van der Waals surface area (Å²) in [4.78, 5) is 12.2. The van der Waals surface area contributed by atoms with Crippen LogP contribution < -0.4 is 5.32 Å². The third-order valence-electron chi connectivity index (χ3n) is 3.45. The molecule has 0 radical (unpaired) electrons. The van der Waals surface area contributed by atoms with Crippen molar-refractivity contribution in [3.8, 4) is 0 Å². The number of hydrogen-bond donors (Lipinski definition) is 1. The van der Waals surface area contributed by atoms with Gasteiger partial charge in [-0.25, -0.2) is 9.18 Å². The molecule has 0 saturated heterocycles. The molecule has 21 heavy (non-hydrogen) atoms. The molecular formula is C17H18FNO2. The molecular weight excluding hydrogens is 269 g/mol. The van der Waals surface area contributed by atoms with Crippen LogP contribution in [0.25, 0.3) is 0 Å². The Bertz CT molecular complexity index is 639. The Hall–Kier alpha value is -2.36. The maximum Gasteiger partial charge on any atom is 0.336 e. The van der Waals surface area contributed by atoms with Gasteiger partial charge in [0, 0.05) is 11.3 Å². The van der Waals surface area contributed by atoms with E-state index in [1.807, 2.05) is 31.2 Å². The van der Waals surface area contributed by atoms with Crippen molar-refractivity contribution in [1.82, 2.24) is 0 Å². The number of halogens is 1. The van der Waals surface area contributed by atoms with Crippen LogP contribution in [0.4, 0.5) is 10.1 Å². The number of carbonyl (C=O) groups is 1. The van der Waals surface area contributed by atoms with Crippen molar-refractivity contribution in [2.24, 2.45) is 0 Å². The van der Waals surface area contributed by atoms with Crippen LogP contribution >= 0.6 is 0 Å². The topological polar surface area (TPSA) is 38.3 Å². The summed E-state index contributed by atoms with van der Waals surface area (Å²) >= 11 is 0. The SMILES string of the molecule is COC(=O)C(C)(Nc1ccc(C)cc1)c1ccccc1F. The molecule has 4 heteroatoms. The minimum absolute atomic E-state index is 0.248. The molecule has 1 unspecified atom stereocenters. The average Bonchev–Trinajstić information content (AvgIpc) is 2.49. The molecule has 2 aromatic carbocycles. The van der Waals surface area contributed by atoms with Gasteiger partial charge in [-0.05, 0) is 32.0 Å². The molecule has 2 rings (SSSR count). The van der Waals surface area contributed by atoms with E-state index in [2.05, 4.69) is 5.32 Å². The monoisotopic (exact) mass is 287 g/mol. The summed E-state index contributed by atoms with van der Waals surface area (Å²) in [5.41, 5.74) is 0.774. The van der Waals surface area contributed by atoms with Crippen LogP contribution in [0.15, 0.2) is 48.5 Å². The van der Waals surface area contributed by atoms with E-state index < -0.39 is 17.3 Å². The van der Waals surface area contributed by atoms with Crippen molar-refractivity contribution in [3.05, 3.63) is 65.5 Å². The zero-order valence-electron chi connectivity index (χ0n) is 12.3. The third kappa shape index (κ3) is 3.05. The minimum atomic E-state index is -1.30. The molecule has 110 valence electrons. The van der Waals surface area contributed by atoms with E-state index in [0.29, 0.717) is 0 Å². The first-order chi connectivity index (χ1) is 9.97. The predicted octanol–water partition coefficient (Wildman–Crippen LogP) is 3.63. The van der Waals surface area contributed by atoms with E-state index >= 15 is 0 Å². The van der Waals surface area contributed by atoms with Gasteiger partial charge in [-0.2, -0.15) is 0 Å². The molecule has 2 aromatic rings. The number of carbonyl (C=O) groups excluding carboxylic acids is 1. The van der Waals surface area contributed by atoms with E-state index in [-0.39, 0.29) is 5.56 Å². The number of esters is 1. The van der Waals surface area contributed by atoms with Gasteiger partial charge in [0.2, 0.25) is 0 Å². The van der Waals surface area contributed by atoms with Crippen molar-refractivity contribution in [2.75, 3.05) is 12.4 Å². The van der Waals surface area contributed by atoms with Crippen molar-refractivity contribution < 1.29 is 13.9 Å². The molecule has 1 N–H and O–H groups in total.